The molecule has 0 N–H and O–H groups in total. The summed E-state index contributed by atoms with van der Waals surface area (Å²) in [5.41, 5.74) is 3.11. The molecule has 0 aliphatic carbocycles. The predicted octanol–water partition coefficient (Wildman–Crippen LogP) is 5.62. The van der Waals surface area contributed by atoms with Gasteiger partial charge in [-0.3, -0.25) is 0 Å². The van der Waals surface area contributed by atoms with Crippen molar-refractivity contribution < 1.29 is 0 Å². The van der Waals surface area contributed by atoms with Gasteiger partial charge in [0, 0.05) is 10.6 Å². The molecule has 82 valence electrons. The molecule has 0 fully saturated rings. The van der Waals surface area contributed by atoms with Crippen LogP contribution in [0, 0.1) is 6.92 Å². The van der Waals surface area contributed by atoms with E-state index >= 15 is 0 Å². The average Bonchev–Trinajstić information content (AvgIpc) is 2.26. The minimum atomic E-state index is 0.539. The zero-order valence-corrected chi connectivity index (χ0v) is 10.9. The molecule has 0 spiro atoms. The fraction of sp³-hybridized carbons (Fsp3) is 0.0769. The molecule has 0 radical (unpaired) electrons. The molecule has 0 aliphatic heterocycles. The van der Waals surface area contributed by atoms with Gasteiger partial charge >= 0.3 is 0 Å². The van der Waals surface area contributed by atoms with Gasteiger partial charge in [-0.05, 0) is 36.8 Å². The number of hydrogen-bond donors (Lipinski definition) is 0. The second-order valence-electron chi connectivity index (χ2n) is 3.61. The van der Waals surface area contributed by atoms with E-state index in [1.54, 1.807) is 6.07 Å². The van der Waals surface area contributed by atoms with E-state index in [0.29, 0.717) is 15.1 Å². The molecule has 3 heteroatoms. The van der Waals surface area contributed by atoms with E-state index in [1.165, 1.54) is 0 Å². The van der Waals surface area contributed by atoms with Gasteiger partial charge in [-0.2, -0.15) is 0 Å². The average molecular weight is 272 g/mol. The van der Waals surface area contributed by atoms with Gasteiger partial charge in [-0.1, -0.05) is 52.5 Å². The maximum absolute atomic E-state index is 6.15. The van der Waals surface area contributed by atoms with Crippen LogP contribution in [-0.2, 0) is 0 Å². The Kier molecular flexibility index (Phi) is 3.44. The molecule has 0 aromatic heterocycles. The summed E-state index contributed by atoms with van der Waals surface area (Å²) < 4.78 is 0. The topological polar surface area (TPSA) is 0 Å². The lowest BCUT2D eigenvalue weighted by atomic mass is 10.0. The van der Waals surface area contributed by atoms with Gasteiger partial charge in [0.15, 0.2) is 0 Å². The van der Waals surface area contributed by atoms with Gasteiger partial charge in [-0.25, -0.2) is 0 Å². The lowest BCUT2D eigenvalue weighted by molar-refractivity contribution is 1.47. The molecule has 0 saturated heterocycles. The van der Waals surface area contributed by atoms with E-state index in [1.807, 2.05) is 37.3 Å². The summed E-state index contributed by atoms with van der Waals surface area (Å²) in [5, 5.41) is 1.80. The molecule has 0 unspecified atom stereocenters. The van der Waals surface area contributed by atoms with Crippen molar-refractivity contribution in [1.29, 1.82) is 0 Å². The van der Waals surface area contributed by atoms with Crippen molar-refractivity contribution in [3.05, 3.63) is 57.0 Å². The normalized spacial score (nSPS) is 10.5. The van der Waals surface area contributed by atoms with Crippen LogP contribution in [0.15, 0.2) is 36.4 Å². The zero-order valence-electron chi connectivity index (χ0n) is 8.60. The molecular formula is C13H9Cl3. The van der Waals surface area contributed by atoms with Crippen molar-refractivity contribution in [3.8, 4) is 11.1 Å². The fourth-order valence-electron chi connectivity index (χ4n) is 1.52. The summed E-state index contributed by atoms with van der Waals surface area (Å²) in [7, 11) is 0. The quantitative estimate of drug-likeness (QED) is 0.631. The molecule has 16 heavy (non-hydrogen) atoms. The Morgan fingerprint density at radius 2 is 1.44 bits per heavy atom. The number of aryl methyl sites for hydroxylation is 1. The summed E-state index contributed by atoms with van der Waals surface area (Å²) in [6.07, 6.45) is 0. The number of benzene rings is 2. The Morgan fingerprint density at radius 1 is 0.750 bits per heavy atom. The summed E-state index contributed by atoms with van der Waals surface area (Å²) in [6.45, 7) is 2.03. The first kappa shape index (κ1) is 11.8. The minimum Gasteiger partial charge on any atom is -0.0837 e. The monoisotopic (exact) mass is 270 g/mol. The van der Waals surface area contributed by atoms with Crippen LogP contribution in [-0.4, -0.2) is 0 Å². The van der Waals surface area contributed by atoms with Crippen LogP contribution in [0.1, 0.15) is 5.56 Å². The smallest absolute Gasteiger partial charge is 0.0598 e. The van der Waals surface area contributed by atoms with E-state index in [2.05, 4.69) is 0 Å². The van der Waals surface area contributed by atoms with Crippen LogP contribution in [0.25, 0.3) is 11.1 Å². The molecule has 2 aromatic carbocycles. The first-order valence-electron chi connectivity index (χ1n) is 4.79. The highest BCUT2D eigenvalue weighted by molar-refractivity contribution is 6.42. The Morgan fingerprint density at radius 3 is 2.12 bits per heavy atom. The van der Waals surface area contributed by atoms with E-state index < -0.39 is 0 Å². The van der Waals surface area contributed by atoms with Crippen molar-refractivity contribution in [2.75, 3.05) is 0 Å². The second kappa shape index (κ2) is 4.67. The highest BCUT2D eigenvalue weighted by atomic mass is 35.5. The van der Waals surface area contributed by atoms with Crippen molar-refractivity contribution in [1.82, 2.24) is 0 Å². The lowest BCUT2D eigenvalue weighted by Crippen LogP contribution is -1.82. The van der Waals surface area contributed by atoms with Crippen molar-refractivity contribution in [2.24, 2.45) is 0 Å². The molecule has 2 rings (SSSR count). The largest absolute Gasteiger partial charge is 0.0837 e. The number of rotatable bonds is 1. The molecule has 0 heterocycles. The van der Waals surface area contributed by atoms with E-state index in [0.717, 1.165) is 16.7 Å². The molecule has 0 atom stereocenters. The summed E-state index contributed by atoms with van der Waals surface area (Å²) >= 11 is 18.0. The maximum Gasteiger partial charge on any atom is 0.0598 e. The molecule has 0 bridgehead atoms. The molecular weight excluding hydrogens is 263 g/mol. The minimum absolute atomic E-state index is 0.539. The highest BCUT2D eigenvalue weighted by Crippen LogP contribution is 2.32. The van der Waals surface area contributed by atoms with Crippen LogP contribution >= 0.6 is 34.8 Å². The standard InChI is InChI=1S/C13H9Cl3/c1-8-2-4-11(14)10(6-8)9-3-5-12(15)13(16)7-9/h2-7H,1H3. The van der Waals surface area contributed by atoms with E-state index in [-0.39, 0.29) is 0 Å². The molecule has 0 amide bonds. The third-order valence-corrected chi connectivity index (χ3v) is 3.42. The maximum atomic E-state index is 6.15. The van der Waals surface area contributed by atoms with Gasteiger partial charge < -0.3 is 0 Å². The zero-order chi connectivity index (χ0) is 11.7. The summed E-state index contributed by atoms with van der Waals surface area (Å²) in [6, 6.07) is 11.4. The van der Waals surface area contributed by atoms with Gasteiger partial charge in [0.05, 0.1) is 10.0 Å². The van der Waals surface area contributed by atoms with Crippen molar-refractivity contribution in [2.45, 2.75) is 6.92 Å². The first-order valence-corrected chi connectivity index (χ1v) is 5.93. The SMILES string of the molecule is Cc1ccc(Cl)c(-c2ccc(Cl)c(Cl)c2)c1. The van der Waals surface area contributed by atoms with E-state index in [4.69, 9.17) is 34.8 Å². The van der Waals surface area contributed by atoms with Crippen molar-refractivity contribution >= 4 is 34.8 Å². The molecule has 0 aliphatic rings. The van der Waals surface area contributed by atoms with E-state index in [9.17, 15) is 0 Å². The lowest BCUT2D eigenvalue weighted by Gasteiger charge is -2.07. The van der Waals surface area contributed by atoms with Crippen LogP contribution in [0.4, 0.5) is 0 Å². The van der Waals surface area contributed by atoms with Crippen LogP contribution in [0.2, 0.25) is 15.1 Å². The van der Waals surface area contributed by atoms with Gasteiger partial charge in [0.1, 0.15) is 0 Å². The van der Waals surface area contributed by atoms with Crippen LogP contribution < -0.4 is 0 Å². The second-order valence-corrected chi connectivity index (χ2v) is 4.83. The third kappa shape index (κ3) is 2.35. The van der Waals surface area contributed by atoms with Crippen LogP contribution in [0.5, 0.6) is 0 Å². The third-order valence-electron chi connectivity index (χ3n) is 2.35. The Bertz CT molecular complexity index is 533. The Balaban J connectivity index is 2.58. The predicted molar refractivity (Wildman–Crippen MR) is 71.6 cm³/mol. The first-order chi connectivity index (χ1) is 7.58. The number of halogens is 3. The highest BCUT2D eigenvalue weighted by Gasteiger charge is 2.06. The summed E-state index contributed by atoms with van der Waals surface area (Å²) in [4.78, 5) is 0. The Hall–Kier alpha value is -0.690. The fourth-order valence-corrected chi connectivity index (χ4v) is 2.05. The Labute approximate surface area is 110 Å². The number of hydrogen-bond acceptors (Lipinski definition) is 0. The van der Waals surface area contributed by atoms with Gasteiger partial charge in [-0.15, -0.1) is 0 Å². The molecule has 0 saturated carbocycles. The molecule has 2 aromatic rings. The van der Waals surface area contributed by atoms with Crippen molar-refractivity contribution in [3.63, 3.8) is 0 Å². The molecule has 0 nitrogen and oxygen atoms in total. The van der Waals surface area contributed by atoms with Gasteiger partial charge in [0.25, 0.3) is 0 Å². The summed E-state index contributed by atoms with van der Waals surface area (Å²) in [5.74, 6) is 0. The van der Waals surface area contributed by atoms with Crippen LogP contribution in [0.3, 0.4) is 0 Å². The van der Waals surface area contributed by atoms with Gasteiger partial charge in [0.2, 0.25) is 0 Å².